The minimum atomic E-state index is -3.08. The van der Waals surface area contributed by atoms with Crippen LogP contribution in [0.15, 0.2) is 29.1 Å². The van der Waals surface area contributed by atoms with Crippen molar-refractivity contribution in [3.05, 3.63) is 34.7 Å². The summed E-state index contributed by atoms with van der Waals surface area (Å²) in [6, 6.07) is 6.73. The van der Waals surface area contributed by atoms with Gasteiger partial charge in [0.05, 0.1) is 22.5 Å². The van der Waals surface area contributed by atoms with Crippen molar-refractivity contribution in [1.29, 1.82) is 0 Å². The van der Waals surface area contributed by atoms with Gasteiger partial charge in [0.15, 0.2) is 9.84 Å². The van der Waals surface area contributed by atoms with Crippen LogP contribution in [0.25, 0.3) is 11.0 Å². The van der Waals surface area contributed by atoms with E-state index in [0.29, 0.717) is 6.54 Å². The molecule has 3 rings (SSSR count). The molecular weight excluding hydrogens is 408 g/mol. The maximum absolute atomic E-state index is 12.8. The average Bonchev–Trinajstić information content (AvgIpc) is 2.97. The smallest absolute Gasteiger partial charge is 0.329 e. The lowest BCUT2D eigenvalue weighted by atomic mass is 10.2. The first-order valence-corrected chi connectivity index (χ1v) is 12.0. The summed E-state index contributed by atoms with van der Waals surface area (Å²) in [6.07, 6.45) is 0.887. The third-order valence-electron chi connectivity index (χ3n) is 5.34. The van der Waals surface area contributed by atoms with Crippen molar-refractivity contribution in [2.75, 3.05) is 24.6 Å². The maximum atomic E-state index is 12.8. The first kappa shape index (κ1) is 22.1. The molecule has 2 heterocycles. The number of amides is 2. The van der Waals surface area contributed by atoms with Crippen molar-refractivity contribution in [3.8, 4) is 0 Å². The molecule has 1 aliphatic rings. The molecule has 0 spiro atoms. The molecule has 2 amide bonds. The Hall–Kier alpha value is -2.62. The molecule has 1 aromatic heterocycles. The molecule has 1 saturated heterocycles. The highest BCUT2D eigenvalue weighted by Crippen LogP contribution is 2.13. The number of benzene rings is 1. The standard InChI is InChI=1S/C20H28N4O5S/c1-3-9-23-16-6-4-5-7-17(16)24(20(23)27)10-8-18(25)21-15(2)19(26)22-11-13-30(28,29)14-12-22/h4-7,15H,3,8-14H2,1-2H3,(H,21,25). The number of imidazole rings is 1. The Morgan fingerprint density at radius 2 is 1.63 bits per heavy atom. The molecule has 0 saturated carbocycles. The second-order valence-electron chi connectivity index (χ2n) is 7.59. The zero-order chi connectivity index (χ0) is 21.9. The van der Waals surface area contributed by atoms with Gasteiger partial charge in [-0.3, -0.25) is 18.7 Å². The van der Waals surface area contributed by atoms with E-state index in [2.05, 4.69) is 5.32 Å². The number of aromatic nitrogens is 2. The number of sulfone groups is 1. The Morgan fingerprint density at radius 1 is 1.07 bits per heavy atom. The number of nitrogens with zero attached hydrogens (tertiary/aromatic N) is 3. The normalized spacial score (nSPS) is 17.1. The van der Waals surface area contributed by atoms with Crippen LogP contribution in [-0.2, 0) is 32.5 Å². The predicted octanol–water partition coefficient (Wildman–Crippen LogP) is 0.365. The Labute approximate surface area is 175 Å². The van der Waals surface area contributed by atoms with E-state index >= 15 is 0 Å². The highest BCUT2D eigenvalue weighted by molar-refractivity contribution is 7.91. The van der Waals surface area contributed by atoms with Crippen molar-refractivity contribution >= 4 is 32.7 Å². The minimum absolute atomic E-state index is 0.0514. The summed E-state index contributed by atoms with van der Waals surface area (Å²) in [4.78, 5) is 39.1. The van der Waals surface area contributed by atoms with Gasteiger partial charge in [-0.1, -0.05) is 19.1 Å². The SMILES string of the molecule is CCCn1c(=O)n(CCC(=O)NC(C)C(=O)N2CCS(=O)(=O)CC2)c2ccccc21. The van der Waals surface area contributed by atoms with Crippen molar-refractivity contribution in [1.82, 2.24) is 19.4 Å². The van der Waals surface area contributed by atoms with Gasteiger partial charge in [-0.25, -0.2) is 13.2 Å². The van der Waals surface area contributed by atoms with Gasteiger partial charge in [0, 0.05) is 32.6 Å². The predicted molar refractivity (Wildman–Crippen MR) is 114 cm³/mol. The largest absolute Gasteiger partial charge is 0.345 e. The number of hydrogen-bond acceptors (Lipinski definition) is 5. The Balaban J connectivity index is 1.62. The third-order valence-corrected chi connectivity index (χ3v) is 6.95. The van der Waals surface area contributed by atoms with Gasteiger partial charge in [0.1, 0.15) is 6.04 Å². The molecule has 0 bridgehead atoms. The number of para-hydroxylation sites is 2. The second-order valence-corrected chi connectivity index (χ2v) is 9.89. The molecule has 0 aliphatic carbocycles. The van der Waals surface area contributed by atoms with Gasteiger partial charge in [-0.05, 0) is 25.5 Å². The second kappa shape index (κ2) is 9.03. The van der Waals surface area contributed by atoms with Crippen molar-refractivity contribution in [2.24, 2.45) is 0 Å². The fraction of sp³-hybridized carbons (Fsp3) is 0.550. The molecule has 164 valence electrons. The molecule has 9 nitrogen and oxygen atoms in total. The molecule has 0 radical (unpaired) electrons. The van der Waals surface area contributed by atoms with Crippen LogP contribution in [0.3, 0.4) is 0 Å². The van der Waals surface area contributed by atoms with Crippen LogP contribution < -0.4 is 11.0 Å². The zero-order valence-corrected chi connectivity index (χ0v) is 18.2. The van der Waals surface area contributed by atoms with E-state index in [1.807, 2.05) is 31.2 Å². The molecule has 1 aromatic carbocycles. The highest BCUT2D eigenvalue weighted by Gasteiger charge is 2.28. The number of carbonyl (C=O) groups excluding carboxylic acids is 2. The van der Waals surface area contributed by atoms with Crippen LogP contribution >= 0.6 is 0 Å². The molecule has 2 aromatic rings. The summed E-state index contributed by atoms with van der Waals surface area (Å²) in [6.45, 7) is 4.70. The fourth-order valence-corrected chi connectivity index (χ4v) is 4.92. The topological polar surface area (TPSA) is 110 Å². The summed E-state index contributed by atoms with van der Waals surface area (Å²) in [7, 11) is -3.08. The average molecular weight is 437 g/mol. The number of carbonyl (C=O) groups is 2. The maximum Gasteiger partial charge on any atom is 0.329 e. The minimum Gasteiger partial charge on any atom is -0.345 e. The number of fused-ring (bicyclic) bond motifs is 1. The molecule has 1 unspecified atom stereocenters. The van der Waals surface area contributed by atoms with E-state index in [9.17, 15) is 22.8 Å². The molecular formula is C20H28N4O5S. The van der Waals surface area contributed by atoms with Crippen molar-refractivity contribution < 1.29 is 18.0 Å². The van der Waals surface area contributed by atoms with Crippen LogP contribution in [0.1, 0.15) is 26.7 Å². The first-order chi connectivity index (χ1) is 14.2. The molecule has 10 heteroatoms. The quantitative estimate of drug-likeness (QED) is 0.674. The van der Waals surface area contributed by atoms with E-state index in [4.69, 9.17) is 0 Å². The van der Waals surface area contributed by atoms with Crippen LogP contribution in [0, 0.1) is 0 Å². The van der Waals surface area contributed by atoms with E-state index in [-0.39, 0.29) is 55.1 Å². The number of aryl methyl sites for hydroxylation is 2. The van der Waals surface area contributed by atoms with E-state index < -0.39 is 15.9 Å². The summed E-state index contributed by atoms with van der Waals surface area (Å²) < 4.78 is 26.3. The van der Waals surface area contributed by atoms with E-state index in [1.54, 1.807) is 16.1 Å². The van der Waals surface area contributed by atoms with Gasteiger partial charge < -0.3 is 10.2 Å². The van der Waals surface area contributed by atoms with Crippen LogP contribution in [-0.4, -0.2) is 64.9 Å². The fourth-order valence-electron chi connectivity index (χ4n) is 3.72. The van der Waals surface area contributed by atoms with Crippen LogP contribution in [0.4, 0.5) is 0 Å². The van der Waals surface area contributed by atoms with E-state index in [0.717, 1.165) is 17.5 Å². The number of rotatable bonds is 7. The van der Waals surface area contributed by atoms with Crippen molar-refractivity contribution in [3.63, 3.8) is 0 Å². The Kier molecular flexibility index (Phi) is 6.64. The lowest BCUT2D eigenvalue weighted by Gasteiger charge is -2.29. The summed E-state index contributed by atoms with van der Waals surface area (Å²) in [5.41, 5.74) is 1.47. The van der Waals surface area contributed by atoms with Crippen LogP contribution in [0.5, 0.6) is 0 Å². The van der Waals surface area contributed by atoms with Gasteiger partial charge in [0.25, 0.3) is 0 Å². The molecule has 1 N–H and O–H groups in total. The van der Waals surface area contributed by atoms with Gasteiger partial charge in [-0.15, -0.1) is 0 Å². The van der Waals surface area contributed by atoms with Crippen LogP contribution in [0.2, 0.25) is 0 Å². The van der Waals surface area contributed by atoms with Gasteiger partial charge in [-0.2, -0.15) is 0 Å². The summed E-state index contributed by atoms with van der Waals surface area (Å²) in [5, 5.41) is 2.67. The Morgan fingerprint density at radius 3 is 2.20 bits per heavy atom. The lowest BCUT2D eigenvalue weighted by molar-refractivity contribution is -0.135. The summed E-state index contributed by atoms with van der Waals surface area (Å²) >= 11 is 0. The lowest BCUT2D eigenvalue weighted by Crippen LogP contribution is -2.51. The molecule has 1 aliphatic heterocycles. The zero-order valence-electron chi connectivity index (χ0n) is 17.3. The summed E-state index contributed by atoms with van der Waals surface area (Å²) in [5.74, 6) is -0.733. The van der Waals surface area contributed by atoms with Gasteiger partial charge in [0.2, 0.25) is 11.8 Å². The van der Waals surface area contributed by atoms with Gasteiger partial charge >= 0.3 is 5.69 Å². The molecule has 1 atom stereocenters. The number of hydrogen-bond donors (Lipinski definition) is 1. The third kappa shape index (κ3) is 4.75. The van der Waals surface area contributed by atoms with E-state index in [1.165, 1.54) is 4.90 Å². The Bertz CT molecular complexity index is 1090. The molecule has 1 fully saturated rings. The number of nitrogens with one attached hydrogen (secondary N) is 1. The molecule has 30 heavy (non-hydrogen) atoms. The highest BCUT2D eigenvalue weighted by atomic mass is 32.2. The van der Waals surface area contributed by atoms with Crippen molar-refractivity contribution in [2.45, 2.75) is 45.8 Å². The monoisotopic (exact) mass is 436 g/mol. The first-order valence-electron chi connectivity index (χ1n) is 10.2.